The fourth-order valence-corrected chi connectivity index (χ4v) is 2.59. The first-order chi connectivity index (χ1) is 9.56. The lowest BCUT2D eigenvalue weighted by Gasteiger charge is -2.32. The highest BCUT2D eigenvalue weighted by atomic mass is 16.6. The van der Waals surface area contributed by atoms with Gasteiger partial charge in [-0.05, 0) is 26.8 Å². The summed E-state index contributed by atoms with van der Waals surface area (Å²) in [5.74, 6) is -0.125. The number of carbonyl (C=O) groups is 1. The van der Waals surface area contributed by atoms with E-state index in [4.69, 9.17) is 0 Å². The molecule has 1 aliphatic rings. The van der Waals surface area contributed by atoms with Crippen molar-refractivity contribution in [1.29, 1.82) is 0 Å². The average molecular weight is 280 g/mol. The van der Waals surface area contributed by atoms with E-state index in [1.807, 2.05) is 14.0 Å². The van der Waals surface area contributed by atoms with E-state index in [1.165, 1.54) is 12.3 Å². The molecule has 7 nitrogen and oxygen atoms in total. The van der Waals surface area contributed by atoms with E-state index in [2.05, 4.69) is 5.32 Å². The van der Waals surface area contributed by atoms with Crippen LogP contribution in [0.5, 0.6) is 0 Å². The number of carbonyl (C=O) groups excluding carboxylic acids is 1. The molecular weight excluding hydrogens is 260 g/mol. The van der Waals surface area contributed by atoms with Crippen molar-refractivity contribution >= 4 is 11.6 Å². The van der Waals surface area contributed by atoms with Crippen LogP contribution >= 0.6 is 0 Å². The van der Waals surface area contributed by atoms with Gasteiger partial charge >= 0.3 is 0 Å². The minimum atomic E-state index is -0.463. The van der Waals surface area contributed by atoms with Crippen LogP contribution in [0.2, 0.25) is 0 Å². The summed E-state index contributed by atoms with van der Waals surface area (Å²) < 4.78 is 1.64. The molecule has 1 N–H and O–H groups in total. The maximum Gasteiger partial charge on any atom is 0.287 e. The molecule has 1 unspecified atom stereocenters. The van der Waals surface area contributed by atoms with Crippen LogP contribution in [-0.4, -0.2) is 46.5 Å². The normalized spacial score (nSPS) is 19.1. The van der Waals surface area contributed by atoms with Crippen LogP contribution in [0, 0.1) is 10.1 Å². The lowest BCUT2D eigenvalue weighted by atomic mass is 10.1. The van der Waals surface area contributed by atoms with E-state index in [9.17, 15) is 14.9 Å². The molecule has 20 heavy (non-hydrogen) atoms. The number of rotatable bonds is 4. The minimum Gasteiger partial charge on any atom is -0.337 e. The lowest BCUT2D eigenvalue weighted by Crippen LogP contribution is -2.47. The summed E-state index contributed by atoms with van der Waals surface area (Å²) in [5.41, 5.74) is 0.369. The van der Waals surface area contributed by atoms with Gasteiger partial charge in [-0.15, -0.1) is 0 Å². The first kappa shape index (κ1) is 14.5. The van der Waals surface area contributed by atoms with Crippen molar-refractivity contribution in [2.45, 2.75) is 32.4 Å². The number of piperidine rings is 1. The van der Waals surface area contributed by atoms with Gasteiger partial charge in [-0.1, -0.05) is 0 Å². The molecule has 0 aromatic carbocycles. The van der Waals surface area contributed by atoms with Gasteiger partial charge in [0, 0.05) is 31.7 Å². The summed E-state index contributed by atoms with van der Waals surface area (Å²) in [7, 11) is 1.89. The number of likely N-dealkylation sites (N-methyl/N-ethyl adjacent to an activating group) is 1. The number of amides is 1. The summed E-state index contributed by atoms with van der Waals surface area (Å²) in [4.78, 5) is 24.7. The molecule has 7 heteroatoms. The third-order valence-corrected chi connectivity index (χ3v) is 3.77. The van der Waals surface area contributed by atoms with Crippen molar-refractivity contribution in [3.8, 4) is 0 Å². The molecule has 1 fully saturated rings. The van der Waals surface area contributed by atoms with Crippen LogP contribution in [0.15, 0.2) is 12.3 Å². The fraction of sp³-hybridized carbons (Fsp3) is 0.615. The number of likely N-dealkylation sites (tertiary alicyclic amines) is 1. The van der Waals surface area contributed by atoms with E-state index in [1.54, 1.807) is 9.47 Å². The van der Waals surface area contributed by atoms with Gasteiger partial charge in [-0.2, -0.15) is 0 Å². The van der Waals surface area contributed by atoms with Crippen LogP contribution in [-0.2, 0) is 6.54 Å². The number of hydrogen-bond donors (Lipinski definition) is 1. The van der Waals surface area contributed by atoms with Gasteiger partial charge in [0.05, 0.1) is 11.1 Å². The number of nitrogens with one attached hydrogen (secondary N) is 1. The summed E-state index contributed by atoms with van der Waals surface area (Å²) in [5, 5.41) is 14.0. The topological polar surface area (TPSA) is 80.4 Å². The van der Waals surface area contributed by atoms with Gasteiger partial charge < -0.3 is 14.8 Å². The Kier molecular flexibility index (Phi) is 4.39. The van der Waals surface area contributed by atoms with E-state index in [0.29, 0.717) is 31.4 Å². The Morgan fingerprint density at radius 2 is 2.35 bits per heavy atom. The standard InChI is InChI=1S/C13H20N4O3/c1-3-15-9-11(17(19)20)7-12(15)13(18)16-6-4-5-10(8-16)14-2/h7,9-10,14H,3-6,8H2,1-2H3. The highest BCUT2D eigenvalue weighted by Gasteiger charge is 2.27. The van der Waals surface area contributed by atoms with Crippen LogP contribution in [0.3, 0.4) is 0 Å². The molecule has 2 heterocycles. The number of aromatic nitrogens is 1. The van der Waals surface area contributed by atoms with Crippen molar-refractivity contribution in [1.82, 2.24) is 14.8 Å². The number of aryl methyl sites for hydroxylation is 1. The van der Waals surface area contributed by atoms with Crippen LogP contribution < -0.4 is 5.32 Å². The third-order valence-electron chi connectivity index (χ3n) is 3.77. The molecule has 0 radical (unpaired) electrons. The molecule has 2 rings (SSSR count). The van der Waals surface area contributed by atoms with E-state index < -0.39 is 4.92 Å². The smallest absolute Gasteiger partial charge is 0.287 e. The van der Waals surface area contributed by atoms with Crippen molar-refractivity contribution in [3.05, 3.63) is 28.1 Å². The van der Waals surface area contributed by atoms with Crippen LogP contribution in [0.4, 0.5) is 5.69 Å². The first-order valence-electron chi connectivity index (χ1n) is 6.88. The zero-order chi connectivity index (χ0) is 14.7. The molecule has 1 amide bonds. The fourth-order valence-electron chi connectivity index (χ4n) is 2.59. The molecule has 1 saturated heterocycles. The second-order valence-electron chi connectivity index (χ2n) is 5.01. The van der Waals surface area contributed by atoms with Gasteiger partial charge in [0.25, 0.3) is 11.6 Å². The SMILES string of the molecule is CCn1cc([N+](=O)[O-])cc1C(=O)N1CCCC(NC)C1. The lowest BCUT2D eigenvalue weighted by molar-refractivity contribution is -0.384. The Morgan fingerprint density at radius 3 is 2.95 bits per heavy atom. The second-order valence-corrected chi connectivity index (χ2v) is 5.01. The molecule has 110 valence electrons. The highest BCUT2D eigenvalue weighted by Crippen LogP contribution is 2.20. The van der Waals surface area contributed by atoms with Gasteiger partial charge in [0.1, 0.15) is 5.69 Å². The quantitative estimate of drug-likeness (QED) is 0.664. The third kappa shape index (κ3) is 2.82. The van der Waals surface area contributed by atoms with E-state index >= 15 is 0 Å². The van der Waals surface area contributed by atoms with Gasteiger partial charge in [-0.25, -0.2) is 0 Å². The molecule has 0 aliphatic carbocycles. The zero-order valence-corrected chi connectivity index (χ0v) is 11.8. The van der Waals surface area contributed by atoms with Crippen molar-refractivity contribution in [3.63, 3.8) is 0 Å². The average Bonchev–Trinajstić information content (AvgIpc) is 2.91. The molecule has 0 bridgehead atoms. The van der Waals surface area contributed by atoms with Crippen molar-refractivity contribution < 1.29 is 9.72 Å². The molecule has 1 aromatic rings. The Hall–Kier alpha value is -1.89. The highest BCUT2D eigenvalue weighted by molar-refractivity contribution is 5.93. The Balaban J connectivity index is 2.21. The van der Waals surface area contributed by atoms with Crippen LogP contribution in [0.25, 0.3) is 0 Å². The molecule has 0 spiro atoms. The predicted molar refractivity (Wildman–Crippen MR) is 74.7 cm³/mol. The summed E-state index contributed by atoms with van der Waals surface area (Å²) in [6.07, 6.45) is 3.42. The Morgan fingerprint density at radius 1 is 1.60 bits per heavy atom. The molecule has 1 atom stereocenters. The van der Waals surface area contributed by atoms with Crippen molar-refractivity contribution in [2.75, 3.05) is 20.1 Å². The Labute approximate surface area is 117 Å². The molecular formula is C13H20N4O3. The minimum absolute atomic E-state index is 0.0302. The van der Waals surface area contributed by atoms with Crippen molar-refractivity contribution in [2.24, 2.45) is 0 Å². The molecule has 0 saturated carbocycles. The number of nitro groups is 1. The summed E-state index contributed by atoms with van der Waals surface area (Å²) in [6, 6.07) is 1.67. The maximum atomic E-state index is 12.5. The van der Waals surface area contributed by atoms with E-state index in [0.717, 1.165) is 12.8 Å². The molecule has 1 aliphatic heterocycles. The van der Waals surface area contributed by atoms with Gasteiger partial charge in [0.2, 0.25) is 0 Å². The van der Waals surface area contributed by atoms with Gasteiger partial charge in [0.15, 0.2) is 0 Å². The predicted octanol–water partition coefficient (Wildman–Crippen LogP) is 1.24. The largest absolute Gasteiger partial charge is 0.337 e. The summed E-state index contributed by atoms with van der Waals surface area (Å²) >= 11 is 0. The van der Waals surface area contributed by atoms with E-state index in [-0.39, 0.29) is 11.6 Å². The molecule has 1 aromatic heterocycles. The first-order valence-corrected chi connectivity index (χ1v) is 6.88. The number of hydrogen-bond acceptors (Lipinski definition) is 4. The van der Waals surface area contributed by atoms with Gasteiger partial charge in [-0.3, -0.25) is 14.9 Å². The van der Waals surface area contributed by atoms with Crippen LogP contribution in [0.1, 0.15) is 30.3 Å². The maximum absolute atomic E-state index is 12.5. The Bertz CT molecular complexity index is 512. The zero-order valence-electron chi connectivity index (χ0n) is 11.8. The number of nitrogens with zero attached hydrogens (tertiary/aromatic N) is 3. The monoisotopic (exact) mass is 280 g/mol. The summed E-state index contributed by atoms with van der Waals surface area (Å²) in [6.45, 7) is 3.77. The second kappa shape index (κ2) is 6.04.